The van der Waals surface area contributed by atoms with Crippen molar-refractivity contribution in [2.75, 3.05) is 25.0 Å². The minimum absolute atomic E-state index is 0.0196. The summed E-state index contributed by atoms with van der Waals surface area (Å²) < 4.78 is 56.8. The zero-order valence-corrected chi connectivity index (χ0v) is 20.9. The van der Waals surface area contributed by atoms with Crippen LogP contribution in [0.15, 0.2) is 70.2 Å². The van der Waals surface area contributed by atoms with Crippen LogP contribution in [0.1, 0.15) is 12.8 Å². The van der Waals surface area contributed by atoms with Crippen molar-refractivity contribution in [2.24, 2.45) is 5.92 Å². The van der Waals surface area contributed by atoms with Crippen LogP contribution in [0, 0.1) is 17.6 Å². The van der Waals surface area contributed by atoms with Gasteiger partial charge in [0.05, 0.1) is 21.3 Å². The van der Waals surface area contributed by atoms with Gasteiger partial charge in [-0.05, 0) is 52.9 Å². The van der Waals surface area contributed by atoms with E-state index in [0.717, 1.165) is 46.2 Å². The lowest BCUT2D eigenvalue weighted by molar-refractivity contribution is 0.275. The molecule has 182 valence electrons. The average molecular weight is 562 g/mol. The Morgan fingerprint density at radius 1 is 1.09 bits per heavy atom. The highest BCUT2D eigenvalue weighted by molar-refractivity contribution is 9.10. The van der Waals surface area contributed by atoms with Crippen molar-refractivity contribution in [1.82, 2.24) is 18.9 Å². The fourth-order valence-corrected chi connectivity index (χ4v) is 6.18. The Morgan fingerprint density at radius 3 is 2.66 bits per heavy atom. The molecule has 1 saturated heterocycles. The van der Waals surface area contributed by atoms with Gasteiger partial charge in [-0.15, -0.1) is 0 Å². The van der Waals surface area contributed by atoms with Crippen LogP contribution in [0.2, 0.25) is 0 Å². The van der Waals surface area contributed by atoms with E-state index in [2.05, 4.69) is 26.3 Å². The van der Waals surface area contributed by atoms with E-state index in [1.165, 1.54) is 4.31 Å². The number of fused-ring (bicyclic) bond motifs is 1. The van der Waals surface area contributed by atoms with Gasteiger partial charge in [-0.1, -0.05) is 30.3 Å². The Bertz CT molecular complexity index is 1480. The first-order chi connectivity index (χ1) is 16.8. The highest BCUT2D eigenvalue weighted by Gasteiger charge is 2.31. The summed E-state index contributed by atoms with van der Waals surface area (Å²) in [6, 6.07) is 14.4. The molecule has 1 unspecified atom stereocenters. The van der Waals surface area contributed by atoms with Gasteiger partial charge < -0.3 is 5.32 Å². The van der Waals surface area contributed by atoms with Crippen LogP contribution < -0.4 is 5.32 Å². The van der Waals surface area contributed by atoms with E-state index >= 15 is 0 Å². The lowest BCUT2D eigenvalue weighted by atomic mass is 10.00. The number of anilines is 1. The summed E-state index contributed by atoms with van der Waals surface area (Å²) in [7, 11) is -3.93. The molecule has 2 aromatic carbocycles. The van der Waals surface area contributed by atoms with Gasteiger partial charge in [-0.25, -0.2) is 22.2 Å². The highest BCUT2D eigenvalue weighted by Crippen LogP contribution is 2.28. The lowest BCUT2D eigenvalue weighted by Crippen LogP contribution is -2.41. The first-order valence-corrected chi connectivity index (χ1v) is 13.3. The average Bonchev–Trinajstić information content (AvgIpc) is 3.25. The van der Waals surface area contributed by atoms with Crippen molar-refractivity contribution in [3.63, 3.8) is 0 Å². The molecule has 2 aromatic heterocycles. The fraction of sp³-hybridized carbons (Fsp3) is 0.250. The number of benzene rings is 2. The predicted molar refractivity (Wildman–Crippen MR) is 132 cm³/mol. The number of halogens is 3. The van der Waals surface area contributed by atoms with Crippen molar-refractivity contribution in [3.8, 4) is 11.3 Å². The summed E-state index contributed by atoms with van der Waals surface area (Å²) >= 11 is 3.50. The summed E-state index contributed by atoms with van der Waals surface area (Å²) in [5.41, 5.74) is 2.42. The molecule has 1 N–H and O–H groups in total. The van der Waals surface area contributed by atoms with Crippen molar-refractivity contribution in [3.05, 3.63) is 76.9 Å². The molecule has 0 bridgehead atoms. The maximum Gasteiger partial charge on any atom is 0.243 e. The zero-order valence-electron chi connectivity index (χ0n) is 18.5. The van der Waals surface area contributed by atoms with Crippen LogP contribution >= 0.6 is 15.9 Å². The van der Waals surface area contributed by atoms with E-state index in [0.29, 0.717) is 25.2 Å². The number of hydrogen-bond acceptors (Lipinski definition) is 5. The number of nitrogens with zero attached hydrogens (tertiary/aromatic N) is 4. The van der Waals surface area contributed by atoms with E-state index < -0.39 is 21.7 Å². The maximum atomic E-state index is 13.7. The van der Waals surface area contributed by atoms with E-state index in [9.17, 15) is 17.2 Å². The van der Waals surface area contributed by atoms with E-state index in [4.69, 9.17) is 4.98 Å². The minimum Gasteiger partial charge on any atom is -0.370 e. The van der Waals surface area contributed by atoms with Gasteiger partial charge in [0, 0.05) is 31.3 Å². The van der Waals surface area contributed by atoms with Crippen LogP contribution in [-0.2, 0) is 10.0 Å². The third kappa shape index (κ3) is 4.80. The Kier molecular flexibility index (Phi) is 6.56. The Balaban J connectivity index is 1.36. The number of sulfonamides is 1. The third-order valence-electron chi connectivity index (χ3n) is 6.08. The van der Waals surface area contributed by atoms with E-state index in [1.807, 2.05) is 36.4 Å². The molecule has 0 amide bonds. The Hall–Kier alpha value is -2.89. The molecular formula is C24H22BrF2N5O2S. The molecule has 11 heteroatoms. The molecule has 0 radical (unpaired) electrons. The second kappa shape index (κ2) is 9.63. The topological polar surface area (TPSA) is 79.6 Å². The molecule has 5 rings (SSSR count). The second-order valence-corrected chi connectivity index (χ2v) is 11.2. The van der Waals surface area contributed by atoms with Gasteiger partial charge in [0.2, 0.25) is 10.0 Å². The second-order valence-electron chi connectivity index (χ2n) is 8.45. The molecule has 0 spiro atoms. The Labute approximate surface area is 210 Å². The monoisotopic (exact) mass is 561 g/mol. The zero-order chi connectivity index (χ0) is 24.6. The van der Waals surface area contributed by atoms with Crippen LogP contribution in [0.25, 0.3) is 16.9 Å². The molecule has 7 nitrogen and oxygen atoms in total. The third-order valence-corrected chi connectivity index (χ3v) is 8.50. The van der Waals surface area contributed by atoms with E-state index in [-0.39, 0.29) is 17.4 Å². The molecule has 1 aliphatic rings. The van der Waals surface area contributed by atoms with Crippen LogP contribution in [0.3, 0.4) is 0 Å². The predicted octanol–water partition coefficient (Wildman–Crippen LogP) is 4.95. The molecule has 35 heavy (non-hydrogen) atoms. The first kappa shape index (κ1) is 23.8. The summed E-state index contributed by atoms with van der Waals surface area (Å²) in [4.78, 5) is 4.48. The molecule has 0 saturated carbocycles. The highest BCUT2D eigenvalue weighted by atomic mass is 79.9. The number of hydrogen-bond donors (Lipinski definition) is 1. The maximum absolute atomic E-state index is 13.7. The molecule has 0 aliphatic carbocycles. The largest absolute Gasteiger partial charge is 0.370 e. The van der Waals surface area contributed by atoms with Crippen LogP contribution in [0.4, 0.5) is 14.6 Å². The lowest BCUT2D eigenvalue weighted by Gasteiger charge is -2.32. The SMILES string of the molecule is O=S(=O)(c1ccc(F)c(F)c1)N1CCCC(CNc2cc(-c3ccccc3)nc3c(Br)cnn23)C1. The molecule has 1 atom stereocenters. The summed E-state index contributed by atoms with van der Waals surface area (Å²) in [6.45, 7) is 1.12. The van der Waals surface area contributed by atoms with Gasteiger partial charge in [0.15, 0.2) is 17.3 Å². The molecule has 1 fully saturated rings. The van der Waals surface area contributed by atoms with Gasteiger partial charge in [0.25, 0.3) is 0 Å². The quantitative estimate of drug-likeness (QED) is 0.360. The molecule has 1 aliphatic heterocycles. The summed E-state index contributed by atoms with van der Waals surface area (Å²) in [5, 5.41) is 7.82. The van der Waals surface area contributed by atoms with Gasteiger partial charge in [0.1, 0.15) is 5.82 Å². The van der Waals surface area contributed by atoms with Gasteiger partial charge in [-0.3, -0.25) is 0 Å². The Morgan fingerprint density at radius 2 is 1.89 bits per heavy atom. The van der Waals surface area contributed by atoms with Gasteiger partial charge in [-0.2, -0.15) is 13.9 Å². The fourth-order valence-electron chi connectivity index (χ4n) is 4.27. The summed E-state index contributed by atoms with van der Waals surface area (Å²) in [5.74, 6) is -1.50. The summed E-state index contributed by atoms with van der Waals surface area (Å²) in [6.07, 6.45) is 3.18. The van der Waals surface area contributed by atoms with Crippen LogP contribution in [-0.4, -0.2) is 47.0 Å². The standard InChI is InChI=1S/C24H22BrF2N5O2S/c25-19-14-29-32-23(12-22(30-24(19)32)17-6-2-1-3-7-17)28-13-16-5-4-10-31(15-16)35(33,34)18-8-9-20(26)21(27)11-18/h1-3,6-9,11-12,14,16,28H,4-5,10,13,15H2. The van der Waals surface area contributed by atoms with Crippen LogP contribution in [0.5, 0.6) is 0 Å². The first-order valence-electron chi connectivity index (χ1n) is 11.1. The van der Waals surface area contributed by atoms with Crippen molar-refractivity contribution < 1.29 is 17.2 Å². The molecule has 3 heterocycles. The van der Waals surface area contributed by atoms with E-state index in [1.54, 1.807) is 10.7 Å². The number of nitrogens with one attached hydrogen (secondary N) is 1. The van der Waals surface area contributed by atoms with Crippen molar-refractivity contribution in [1.29, 1.82) is 0 Å². The number of aromatic nitrogens is 3. The number of rotatable bonds is 6. The van der Waals surface area contributed by atoms with Gasteiger partial charge >= 0.3 is 0 Å². The van der Waals surface area contributed by atoms with Crippen molar-refractivity contribution in [2.45, 2.75) is 17.7 Å². The normalized spacial score (nSPS) is 17.1. The number of piperidine rings is 1. The smallest absolute Gasteiger partial charge is 0.243 e. The van der Waals surface area contributed by atoms with Crippen molar-refractivity contribution >= 4 is 37.4 Å². The minimum atomic E-state index is -3.93. The molecule has 4 aromatic rings. The molecular weight excluding hydrogens is 540 g/mol.